The molecule has 0 saturated heterocycles. The standard InChI is InChI=1S/C10H24N2O/c1-4-12(8-5-7-11)9-6-10(2,3)13/h13H,4-9,11H2,1-3H3. The van der Waals surface area contributed by atoms with Crippen molar-refractivity contribution in [3.63, 3.8) is 0 Å². The van der Waals surface area contributed by atoms with E-state index in [1.807, 2.05) is 13.8 Å². The first-order valence-electron chi connectivity index (χ1n) is 5.14. The topological polar surface area (TPSA) is 49.5 Å². The molecule has 80 valence electrons. The minimum Gasteiger partial charge on any atom is -0.390 e. The summed E-state index contributed by atoms with van der Waals surface area (Å²) in [4.78, 5) is 2.32. The Balaban J connectivity index is 3.59. The summed E-state index contributed by atoms with van der Waals surface area (Å²) in [5.74, 6) is 0. The molecule has 3 heteroatoms. The van der Waals surface area contributed by atoms with Crippen molar-refractivity contribution >= 4 is 0 Å². The molecule has 0 rings (SSSR count). The summed E-state index contributed by atoms with van der Waals surface area (Å²) in [6.45, 7) is 9.63. The fraction of sp³-hybridized carbons (Fsp3) is 1.00. The summed E-state index contributed by atoms with van der Waals surface area (Å²) >= 11 is 0. The molecule has 0 unspecified atom stereocenters. The van der Waals surface area contributed by atoms with E-state index in [-0.39, 0.29) is 0 Å². The van der Waals surface area contributed by atoms with Gasteiger partial charge < -0.3 is 15.7 Å². The van der Waals surface area contributed by atoms with Crippen LogP contribution in [-0.4, -0.2) is 41.8 Å². The molecule has 3 nitrogen and oxygen atoms in total. The number of aliphatic hydroxyl groups is 1. The van der Waals surface area contributed by atoms with E-state index in [2.05, 4.69) is 11.8 Å². The Kier molecular flexibility index (Phi) is 6.29. The number of hydrogen-bond donors (Lipinski definition) is 2. The van der Waals surface area contributed by atoms with Crippen molar-refractivity contribution in [2.45, 2.75) is 39.2 Å². The Morgan fingerprint density at radius 1 is 1.31 bits per heavy atom. The maximum absolute atomic E-state index is 9.54. The van der Waals surface area contributed by atoms with Gasteiger partial charge in [-0.15, -0.1) is 0 Å². The lowest BCUT2D eigenvalue weighted by Gasteiger charge is -2.24. The van der Waals surface area contributed by atoms with Gasteiger partial charge in [-0.3, -0.25) is 0 Å². The van der Waals surface area contributed by atoms with E-state index in [9.17, 15) is 5.11 Å². The van der Waals surface area contributed by atoms with Crippen LogP contribution < -0.4 is 5.73 Å². The second-order valence-electron chi connectivity index (χ2n) is 4.14. The quantitative estimate of drug-likeness (QED) is 0.622. The number of nitrogens with zero attached hydrogens (tertiary/aromatic N) is 1. The molecule has 0 spiro atoms. The molecule has 0 aliphatic heterocycles. The molecule has 0 aliphatic rings. The zero-order chi connectivity index (χ0) is 10.3. The zero-order valence-electron chi connectivity index (χ0n) is 9.21. The first-order chi connectivity index (χ1) is 5.99. The Bertz CT molecular complexity index is 121. The van der Waals surface area contributed by atoms with E-state index >= 15 is 0 Å². The van der Waals surface area contributed by atoms with Gasteiger partial charge >= 0.3 is 0 Å². The summed E-state index contributed by atoms with van der Waals surface area (Å²) in [6, 6.07) is 0. The fourth-order valence-corrected chi connectivity index (χ4v) is 1.17. The van der Waals surface area contributed by atoms with Gasteiger partial charge in [0, 0.05) is 6.54 Å². The van der Waals surface area contributed by atoms with Crippen molar-refractivity contribution in [1.82, 2.24) is 4.90 Å². The summed E-state index contributed by atoms with van der Waals surface area (Å²) in [6.07, 6.45) is 1.87. The fourth-order valence-electron chi connectivity index (χ4n) is 1.17. The summed E-state index contributed by atoms with van der Waals surface area (Å²) in [5.41, 5.74) is 4.89. The molecular formula is C10H24N2O. The SMILES string of the molecule is CCN(CCCN)CCC(C)(C)O. The highest BCUT2D eigenvalue weighted by Gasteiger charge is 2.13. The van der Waals surface area contributed by atoms with Crippen LogP contribution in [0.5, 0.6) is 0 Å². The van der Waals surface area contributed by atoms with Crippen LogP contribution in [0.4, 0.5) is 0 Å². The van der Waals surface area contributed by atoms with E-state index in [4.69, 9.17) is 5.73 Å². The van der Waals surface area contributed by atoms with E-state index in [1.54, 1.807) is 0 Å². The van der Waals surface area contributed by atoms with Gasteiger partial charge in [0.15, 0.2) is 0 Å². The zero-order valence-corrected chi connectivity index (χ0v) is 9.21. The van der Waals surface area contributed by atoms with Gasteiger partial charge in [-0.05, 0) is 46.3 Å². The lowest BCUT2D eigenvalue weighted by atomic mass is 10.1. The van der Waals surface area contributed by atoms with Crippen molar-refractivity contribution in [2.75, 3.05) is 26.2 Å². The minimum absolute atomic E-state index is 0.546. The molecule has 0 aromatic carbocycles. The van der Waals surface area contributed by atoms with Crippen LogP contribution in [-0.2, 0) is 0 Å². The largest absolute Gasteiger partial charge is 0.390 e. The van der Waals surface area contributed by atoms with Crippen molar-refractivity contribution in [3.05, 3.63) is 0 Å². The van der Waals surface area contributed by atoms with Crippen LogP contribution in [0, 0.1) is 0 Å². The predicted octanol–water partition coefficient (Wildman–Crippen LogP) is 0.818. The molecule has 0 aromatic heterocycles. The Labute approximate surface area is 81.9 Å². The Hall–Kier alpha value is -0.120. The van der Waals surface area contributed by atoms with E-state index in [0.29, 0.717) is 0 Å². The predicted molar refractivity (Wildman–Crippen MR) is 56.7 cm³/mol. The monoisotopic (exact) mass is 188 g/mol. The molecular weight excluding hydrogens is 164 g/mol. The maximum atomic E-state index is 9.54. The average molecular weight is 188 g/mol. The first kappa shape index (κ1) is 12.9. The maximum Gasteiger partial charge on any atom is 0.0603 e. The van der Waals surface area contributed by atoms with Crippen LogP contribution in [0.15, 0.2) is 0 Å². The van der Waals surface area contributed by atoms with Crippen molar-refractivity contribution < 1.29 is 5.11 Å². The third-order valence-electron chi connectivity index (χ3n) is 2.17. The highest BCUT2D eigenvalue weighted by Crippen LogP contribution is 2.08. The van der Waals surface area contributed by atoms with Crippen molar-refractivity contribution in [3.8, 4) is 0 Å². The molecule has 0 saturated carbocycles. The van der Waals surface area contributed by atoms with Gasteiger partial charge in [-0.2, -0.15) is 0 Å². The Morgan fingerprint density at radius 3 is 2.31 bits per heavy atom. The lowest BCUT2D eigenvalue weighted by Crippen LogP contribution is -2.32. The average Bonchev–Trinajstić information content (AvgIpc) is 2.03. The molecule has 0 heterocycles. The normalized spacial score (nSPS) is 12.5. The van der Waals surface area contributed by atoms with E-state index < -0.39 is 5.60 Å². The lowest BCUT2D eigenvalue weighted by molar-refractivity contribution is 0.0582. The van der Waals surface area contributed by atoms with Crippen molar-refractivity contribution in [1.29, 1.82) is 0 Å². The number of hydrogen-bond acceptors (Lipinski definition) is 3. The molecule has 3 N–H and O–H groups in total. The van der Waals surface area contributed by atoms with E-state index in [0.717, 1.165) is 39.0 Å². The molecule has 0 aliphatic carbocycles. The molecule has 0 fully saturated rings. The second-order valence-corrected chi connectivity index (χ2v) is 4.14. The third kappa shape index (κ3) is 8.22. The van der Waals surface area contributed by atoms with Gasteiger partial charge in [0.25, 0.3) is 0 Å². The van der Waals surface area contributed by atoms with Crippen molar-refractivity contribution in [2.24, 2.45) is 5.73 Å². The van der Waals surface area contributed by atoms with Crippen LogP contribution in [0.2, 0.25) is 0 Å². The highest BCUT2D eigenvalue weighted by molar-refractivity contribution is 4.68. The van der Waals surface area contributed by atoms with Gasteiger partial charge in [-0.1, -0.05) is 6.92 Å². The molecule has 0 bridgehead atoms. The van der Waals surface area contributed by atoms with Crippen LogP contribution in [0.1, 0.15) is 33.6 Å². The molecule has 0 atom stereocenters. The third-order valence-corrected chi connectivity index (χ3v) is 2.17. The number of nitrogens with two attached hydrogens (primary N) is 1. The van der Waals surface area contributed by atoms with Gasteiger partial charge in [0.05, 0.1) is 5.60 Å². The summed E-state index contributed by atoms with van der Waals surface area (Å²) < 4.78 is 0. The first-order valence-corrected chi connectivity index (χ1v) is 5.14. The second kappa shape index (κ2) is 6.35. The van der Waals surface area contributed by atoms with E-state index in [1.165, 1.54) is 0 Å². The minimum atomic E-state index is -0.546. The highest BCUT2D eigenvalue weighted by atomic mass is 16.3. The van der Waals surface area contributed by atoms with Crippen LogP contribution in [0.25, 0.3) is 0 Å². The summed E-state index contributed by atoms with van der Waals surface area (Å²) in [5, 5.41) is 9.54. The van der Waals surface area contributed by atoms with Gasteiger partial charge in [-0.25, -0.2) is 0 Å². The molecule has 13 heavy (non-hydrogen) atoms. The molecule has 0 radical (unpaired) electrons. The van der Waals surface area contributed by atoms with Crippen LogP contribution >= 0.6 is 0 Å². The smallest absolute Gasteiger partial charge is 0.0603 e. The molecule has 0 aromatic rings. The summed E-state index contributed by atoms with van der Waals surface area (Å²) in [7, 11) is 0. The van der Waals surface area contributed by atoms with Gasteiger partial charge in [0.1, 0.15) is 0 Å². The van der Waals surface area contributed by atoms with Gasteiger partial charge in [0.2, 0.25) is 0 Å². The molecule has 0 amide bonds. The number of rotatable bonds is 7. The Morgan fingerprint density at radius 2 is 1.92 bits per heavy atom. The van der Waals surface area contributed by atoms with Crippen LogP contribution in [0.3, 0.4) is 0 Å².